The van der Waals surface area contributed by atoms with Gasteiger partial charge in [0.15, 0.2) is 5.69 Å². The van der Waals surface area contributed by atoms with Crippen molar-refractivity contribution in [1.29, 1.82) is 0 Å². The third-order valence-corrected chi connectivity index (χ3v) is 5.83. The molecule has 0 bridgehead atoms. The number of nitrogens with one attached hydrogen (secondary N) is 1. The number of anilines is 1. The maximum absolute atomic E-state index is 13.6. The molecule has 2 heterocycles. The number of benzene rings is 2. The van der Waals surface area contributed by atoms with Gasteiger partial charge in [-0.15, -0.1) is 0 Å². The van der Waals surface area contributed by atoms with E-state index < -0.39 is 29.1 Å². The minimum atomic E-state index is -1.42. The molecule has 8 nitrogen and oxygen atoms in total. The minimum Gasteiger partial charge on any atom is -0.461 e. The molecule has 4 rings (SSSR count). The number of esters is 1. The van der Waals surface area contributed by atoms with Crippen LogP contribution in [0.2, 0.25) is 5.02 Å². The van der Waals surface area contributed by atoms with Gasteiger partial charge in [0.25, 0.3) is 5.91 Å². The quantitative estimate of drug-likeness (QED) is 0.540. The first kappa shape index (κ1) is 23.4. The second-order valence-electron chi connectivity index (χ2n) is 7.99. The van der Waals surface area contributed by atoms with Crippen LogP contribution in [0.25, 0.3) is 0 Å². The third-order valence-electron chi connectivity index (χ3n) is 5.58. The molecule has 10 heteroatoms. The van der Waals surface area contributed by atoms with Gasteiger partial charge in [-0.2, -0.15) is 5.10 Å². The van der Waals surface area contributed by atoms with Crippen molar-refractivity contribution in [2.75, 3.05) is 11.5 Å². The lowest BCUT2D eigenvalue weighted by Crippen LogP contribution is -2.64. The summed E-state index contributed by atoms with van der Waals surface area (Å²) >= 11 is 5.92. The molecule has 0 fully saturated rings. The van der Waals surface area contributed by atoms with Crippen LogP contribution in [0.4, 0.5) is 10.1 Å². The Morgan fingerprint density at radius 2 is 1.85 bits per heavy atom. The number of ether oxygens (including phenoxy) is 1. The van der Waals surface area contributed by atoms with Gasteiger partial charge < -0.3 is 10.1 Å². The molecule has 1 aromatic heterocycles. The number of amides is 2. The van der Waals surface area contributed by atoms with Crippen LogP contribution in [0.5, 0.6) is 0 Å². The number of hydrogen-bond acceptors (Lipinski definition) is 5. The minimum absolute atomic E-state index is 0.0305. The van der Waals surface area contributed by atoms with Gasteiger partial charge in [0.2, 0.25) is 5.91 Å². The van der Waals surface area contributed by atoms with E-state index in [9.17, 15) is 18.8 Å². The molecule has 34 heavy (non-hydrogen) atoms. The van der Waals surface area contributed by atoms with Crippen LogP contribution in [0.1, 0.15) is 40.4 Å². The largest absolute Gasteiger partial charge is 0.461 e. The number of aromatic nitrogens is 2. The summed E-state index contributed by atoms with van der Waals surface area (Å²) in [5.41, 5.74) is -0.181. The van der Waals surface area contributed by atoms with Gasteiger partial charge in [-0.1, -0.05) is 23.7 Å². The van der Waals surface area contributed by atoms with Crippen LogP contribution in [-0.2, 0) is 22.6 Å². The summed E-state index contributed by atoms with van der Waals surface area (Å²) in [6.45, 7) is 3.59. The van der Waals surface area contributed by atoms with Crippen molar-refractivity contribution in [1.82, 2.24) is 15.1 Å². The highest BCUT2D eigenvalue weighted by atomic mass is 35.5. The van der Waals surface area contributed by atoms with E-state index in [0.717, 1.165) is 5.56 Å². The van der Waals surface area contributed by atoms with E-state index in [0.29, 0.717) is 10.7 Å². The Morgan fingerprint density at radius 1 is 1.18 bits per heavy atom. The topological polar surface area (TPSA) is 93.5 Å². The molecule has 0 saturated heterocycles. The van der Waals surface area contributed by atoms with Crippen molar-refractivity contribution >= 4 is 35.1 Å². The van der Waals surface area contributed by atoms with Crippen molar-refractivity contribution in [3.63, 3.8) is 0 Å². The normalized spacial score (nSPS) is 17.3. The molecule has 0 spiro atoms. The fourth-order valence-electron chi connectivity index (χ4n) is 3.86. The summed E-state index contributed by atoms with van der Waals surface area (Å²) in [7, 11) is 0. The number of carbonyl (C=O) groups is 3. The lowest BCUT2D eigenvalue weighted by atomic mass is 9.94. The van der Waals surface area contributed by atoms with E-state index in [1.165, 1.54) is 39.9 Å². The summed E-state index contributed by atoms with van der Waals surface area (Å²) in [5, 5.41) is 7.64. The van der Waals surface area contributed by atoms with Crippen LogP contribution in [0, 0.1) is 5.82 Å². The summed E-state index contributed by atoms with van der Waals surface area (Å²) in [6, 6.07) is 13.6. The fourth-order valence-corrected chi connectivity index (χ4v) is 3.98. The molecule has 1 N–H and O–H groups in total. The van der Waals surface area contributed by atoms with Gasteiger partial charge in [-0.3, -0.25) is 19.2 Å². The first-order chi connectivity index (χ1) is 16.2. The van der Waals surface area contributed by atoms with Crippen LogP contribution in [0.15, 0.2) is 54.6 Å². The molecular weight excluding hydrogens is 463 g/mol. The first-order valence-electron chi connectivity index (χ1n) is 10.6. The van der Waals surface area contributed by atoms with Crippen molar-refractivity contribution in [2.45, 2.75) is 32.5 Å². The molecular formula is C24H22ClFN4O4. The van der Waals surface area contributed by atoms with Gasteiger partial charge in [0, 0.05) is 23.3 Å². The highest BCUT2D eigenvalue weighted by Gasteiger charge is 2.49. The highest BCUT2D eigenvalue weighted by molar-refractivity contribution is 6.30. The Morgan fingerprint density at radius 3 is 2.50 bits per heavy atom. The lowest BCUT2D eigenvalue weighted by Gasteiger charge is -2.43. The molecule has 1 aliphatic heterocycles. The first-order valence-corrected chi connectivity index (χ1v) is 11.0. The Labute approximate surface area is 200 Å². The lowest BCUT2D eigenvalue weighted by molar-refractivity contribution is -0.126. The Kier molecular flexibility index (Phi) is 6.39. The highest BCUT2D eigenvalue weighted by Crippen LogP contribution is 2.33. The number of fused-ring (bicyclic) bond motifs is 1. The molecule has 3 aromatic rings. The van der Waals surface area contributed by atoms with Gasteiger partial charge in [-0.05, 0) is 55.8 Å². The van der Waals surface area contributed by atoms with Crippen LogP contribution >= 0.6 is 11.6 Å². The maximum Gasteiger partial charge on any atom is 0.358 e. The van der Waals surface area contributed by atoms with Crippen molar-refractivity contribution in [3.05, 3.63) is 82.4 Å². The average Bonchev–Trinajstić information content (AvgIpc) is 3.24. The summed E-state index contributed by atoms with van der Waals surface area (Å²) in [4.78, 5) is 40.5. The number of hydrogen-bond donors (Lipinski definition) is 1. The van der Waals surface area contributed by atoms with Crippen molar-refractivity contribution < 1.29 is 23.5 Å². The zero-order chi connectivity index (χ0) is 24.5. The molecule has 0 saturated carbocycles. The molecule has 0 aliphatic carbocycles. The third kappa shape index (κ3) is 4.38. The SMILES string of the molecule is CCOC(=O)c1cc2n(n1)C[C@](C)(C(=O)NCc1ccc(Cl)cc1)N(c1ccc(F)cc1)C2=O. The molecule has 2 aromatic carbocycles. The Bertz CT molecular complexity index is 1240. The van der Waals surface area contributed by atoms with Crippen LogP contribution in [-0.4, -0.2) is 39.7 Å². The van der Waals surface area contributed by atoms with Gasteiger partial charge in [0.05, 0.1) is 13.2 Å². The summed E-state index contributed by atoms with van der Waals surface area (Å²) in [5.74, 6) is -2.14. The second kappa shape index (κ2) is 9.26. The average molecular weight is 485 g/mol. The van der Waals surface area contributed by atoms with Crippen molar-refractivity contribution in [2.24, 2.45) is 0 Å². The van der Waals surface area contributed by atoms with Crippen LogP contribution in [0.3, 0.4) is 0 Å². The zero-order valence-corrected chi connectivity index (χ0v) is 19.3. The van der Waals surface area contributed by atoms with E-state index >= 15 is 0 Å². The standard InChI is InChI=1S/C24H22ClFN4O4/c1-3-34-22(32)19-12-20-21(31)30(18-10-8-17(26)9-11-18)24(2,14-29(20)28-19)23(33)27-13-15-4-6-16(25)7-5-15/h4-12H,3,13-14H2,1-2H3,(H,27,33)/t24-/m1/s1. The Hall–Kier alpha value is -3.72. The summed E-state index contributed by atoms with van der Waals surface area (Å²) < 4.78 is 19.9. The molecule has 176 valence electrons. The molecule has 1 aliphatic rings. The number of rotatable bonds is 6. The second-order valence-corrected chi connectivity index (χ2v) is 8.43. The van der Waals surface area contributed by atoms with Gasteiger partial charge >= 0.3 is 5.97 Å². The molecule has 2 amide bonds. The predicted molar refractivity (Wildman–Crippen MR) is 123 cm³/mol. The number of carbonyl (C=O) groups excluding carboxylic acids is 3. The number of nitrogens with zero attached hydrogens (tertiary/aromatic N) is 3. The van der Waals surface area contributed by atoms with Crippen molar-refractivity contribution in [3.8, 4) is 0 Å². The summed E-state index contributed by atoms with van der Waals surface area (Å²) in [6.07, 6.45) is 0. The predicted octanol–water partition coefficient (Wildman–Crippen LogP) is 3.59. The van der Waals surface area contributed by atoms with E-state index in [1.807, 2.05) is 0 Å². The maximum atomic E-state index is 13.6. The van der Waals surface area contributed by atoms with E-state index in [2.05, 4.69) is 10.4 Å². The Balaban J connectivity index is 1.70. The van der Waals surface area contributed by atoms with E-state index in [-0.39, 0.29) is 31.1 Å². The molecule has 0 radical (unpaired) electrons. The fraction of sp³-hybridized carbons (Fsp3) is 0.250. The van der Waals surface area contributed by atoms with Crippen LogP contribution < -0.4 is 10.2 Å². The van der Waals surface area contributed by atoms with Gasteiger partial charge in [-0.25, -0.2) is 9.18 Å². The smallest absolute Gasteiger partial charge is 0.358 e. The zero-order valence-electron chi connectivity index (χ0n) is 18.5. The monoisotopic (exact) mass is 484 g/mol. The number of halogens is 2. The van der Waals surface area contributed by atoms with E-state index in [4.69, 9.17) is 16.3 Å². The van der Waals surface area contributed by atoms with Gasteiger partial charge in [0.1, 0.15) is 17.1 Å². The van der Waals surface area contributed by atoms with E-state index in [1.54, 1.807) is 38.1 Å². The molecule has 0 unspecified atom stereocenters. The molecule has 1 atom stereocenters.